The maximum absolute atomic E-state index is 12.3. The van der Waals surface area contributed by atoms with E-state index in [1.807, 2.05) is 0 Å². The van der Waals surface area contributed by atoms with E-state index in [1.165, 1.54) is 0 Å². The summed E-state index contributed by atoms with van der Waals surface area (Å²) >= 11 is 0. The van der Waals surface area contributed by atoms with Crippen LogP contribution in [0.3, 0.4) is 0 Å². The molecule has 150 valence electrons. The largest absolute Gasteiger partial charge is 0.462 e. The van der Waals surface area contributed by atoms with Crippen molar-refractivity contribution in [2.75, 3.05) is 0 Å². The van der Waals surface area contributed by atoms with E-state index in [0.29, 0.717) is 12.2 Å². The average Bonchev–Trinajstić information content (AvgIpc) is 3.60. The van der Waals surface area contributed by atoms with Gasteiger partial charge in [0.25, 0.3) is 0 Å². The lowest BCUT2D eigenvalue weighted by Crippen LogP contribution is -2.33. The highest BCUT2D eigenvalue weighted by Gasteiger charge is 2.47. The van der Waals surface area contributed by atoms with Crippen LogP contribution in [0.15, 0.2) is 0 Å². The molecule has 0 bridgehead atoms. The highest BCUT2D eigenvalue weighted by atomic mass is 17.2. The minimum Gasteiger partial charge on any atom is -0.462 e. The SMILES string of the molecule is O=C(OOC1CCC(OC(=O)C2CCC3OC3C2)CC1)C1CCC2OC2C1. The second kappa shape index (κ2) is 7.33. The molecular formula is C20H28O7. The molecule has 5 fully saturated rings. The Hall–Kier alpha value is -1.18. The van der Waals surface area contributed by atoms with Crippen LogP contribution in [0, 0.1) is 11.8 Å². The highest BCUT2D eigenvalue weighted by molar-refractivity contribution is 5.73. The molecule has 6 unspecified atom stereocenters. The van der Waals surface area contributed by atoms with Crippen molar-refractivity contribution < 1.29 is 33.6 Å². The monoisotopic (exact) mass is 380 g/mol. The van der Waals surface area contributed by atoms with E-state index in [2.05, 4.69) is 0 Å². The Morgan fingerprint density at radius 2 is 1.19 bits per heavy atom. The van der Waals surface area contributed by atoms with E-state index in [9.17, 15) is 9.59 Å². The fraction of sp³-hybridized carbons (Fsp3) is 0.900. The number of hydrogen-bond acceptors (Lipinski definition) is 7. The molecule has 7 heteroatoms. The number of epoxide rings is 2. The van der Waals surface area contributed by atoms with E-state index in [-0.39, 0.29) is 48.2 Å². The first-order valence-electron chi connectivity index (χ1n) is 10.5. The van der Waals surface area contributed by atoms with Gasteiger partial charge in [-0.2, -0.15) is 4.89 Å². The maximum atomic E-state index is 12.3. The van der Waals surface area contributed by atoms with Crippen molar-refractivity contribution in [3.63, 3.8) is 0 Å². The first kappa shape index (κ1) is 17.9. The van der Waals surface area contributed by atoms with Crippen LogP contribution in [-0.2, 0) is 33.6 Å². The molecule has 0 aromatic carbocycles. The molecular weight excluding hydrogens is 352 g/mol. The molecule has 27 heavy (non-hydrogen) atoms. The van der Waals surface area contributed by atoms with Crippen LogP contribution in [0.2, 0.25) is 0 Å². The molecule has 0 N–H and O–H groups in total. The highest BCUT2D eigenvalue weighted by Crippen LogP contribution is 2.41. The Morgan fingerprint density at radius 3 is 1.78 bits per heavy atom. The maximum Gasteiger partial charge on any atom is 0.345 e. The zero-order valence-corrected chi connectivity index (χ0v) is 15.5. The second-order valence-electron chi connectivity index (χ2n) is 8.78. The summed E-state index contributed by atoms with van der Waals surface area (Å²) in [6, 6.07) is 0. The molecule has 2 heterocycles. The van der Waals surface area contributed by atoms with Crippen molar-refractivity contribution in [2.45, 2.75) is 101 Å². The topological polar surface area (TPSA) is 86.9 Å². The van der Waals surface area contributed by atoms with Gasteiger partial charge in [-0.25, -0.2) is 4.79 Å². The van der Waals surface area contributed by atoms with Crippen molar-refractivity contribution in [2.24, 2.45) is 11.8 Å². The van der Waals surface area contributed by atoms with Gasteiger partial charge in [-0.1, -0.05) is 0 Å². The number of carbonyl (C=O) groups excluding carboxylic acids is 2. The molecule has 6 atom stereocenters. The first-order chi connectivity index (χ1) is 13.2. The number of fused-ring (bicyclic) bond motifs is 2. The number of hydrogen-bond donors (Lipinski definition) is 0. The van der Waals surface area contributed by atoms with Crippen molar-refractivity contribution in [3.8, 4) is 0 Å². The molecule has 0 aromatic rings. The van der Waals surface area contributed by atoms with Gasteiger partial charge in [-0.3, -0.25) is 9.68 Å². The molecule has 2 saturated heterocycles. The van der Waals surface area contributed by atoms with Gasteiger partial charge in [0.2, 0.25) is 0 Å². The van der Waals surface area contributed by atoms with Gasteiger partial charge >= 0.3 is 11.9 Å². The van der Waals surface area contributed by atoms with Crippen LogP contribution in [0.4, 0.5) is 0 Å². The third kappa shape index (κ3) is 4.15. The number of rotatable bonds is 5. The van der Waals surface area contributed by atoms with E-state index in [1.54, 1.807) is 0 Å². The number of carbonyl (C=O) groups is 2. The van der Waals surface area contributed by atoms with E-state index in [4.69, 9.17) is 24.0 Å². The summed E-state index contributed by atoms with van der Waals surface area (Å²) in [4.78, 5) is 35.0. The van der Waals surface area contributed by atoms with Gasteiger partial charge in [0.1, 0.15) is 12.2 Å². The Balaban J connectivity index is 0.993. The fourth-order valence-electron chi connectivity index (χ4n) is 4.93. The summed E-state index contributed by atoms with van der Waals surface area (Å²) in [5.74, 6) is -0.446. The lowest BCUT2D eigenvalue weighted by Gasteiger charge is -2.29. The van der Waals surface area contributed by atoms with Gasteiger partial charge in [0, 0.05) is 0 Å². The smallest absolute Gasteiger partial charge is 0.345 e. The van der Waals surface area contributed by atoms with Crippen LogP contribution in [0.1, 0.15) is 64.2 Å². The van der Waals surface area contributed by atoms with Gasteiger partial charge in [-0.15, -0.1) is 0 Å². The van der Waals surface area contributed by atoms with Crippen molar-refractivity contribution in [1.82, 2.24) is 0 Å². The predicted octanol–water partition coefficient (Wildman–Crippen LogP) is 2.45. The molecule has 0 amide bonds. The Labute approximate surface area is 158 Å². The Bertz CT molecular complexity index is 585. The normalized spacial score (nSPS) is 45.2. The summed E-state index contributed by atoms with van der Waals surface area (Å²) in [5.41, 5.74) is 0. The summed E-state index contributed by atoms with van der Waals surface area (Å²) in [7, 11) is 0. The van der Waals surface area contributed by atoms with Crippen molar-refractivity contribution in [1.29, 1.82) is 0 Å². The molecule has 0 spiro atoms. The molecule has 2 aliphatic heterocycles. The summed E-state index contributed by atoms with van der Waals surface area (Å²) in [5, 5.41) is 0. The van der Waals surface area contributed by atoms with Crippen molar-refractivity contribution >= 4 is 11.9 Å². The van der Waals surface area contributed by atoms with Gasteiger partial charge in [-0.05, 0) is 64.2 Å². The number of ether oxygens (including phenoxy) is 3. The molecule has 3 saturated carbocycles. The minimum absolute atomic E-state index is 0.00536. The fourth-order valence-corrected chi connectivity index (χ4v) is 4.93. The predicted molar refractivity (Wildman–Crippen MR) is 91.3 cm³/mol. The lowest BCUT2D eigenvalue weighted by atomic mass is 9.89. The summed E-state index contributed by atoms with van der Waals surface area (Å²) < 4.78 is 16.7. The zero-order chi connectivity index (χ0) is 18.4. The standard InChI is InChI=1S/C20H28O7/c21-19(11-1-7-15-17(9-11)24-15)23-13-3-5-14(6-4-13)26-27-20(22)12-2-8-16-18(10-12)25-16/h11-18H,1-10H2. The summed E-state index contributed by atoms with van der Waals surface area (Å²) in [6.07, 6.45) is 9.33. The van der Waals surface area contributed by atoms with Crippen LogP contribution in [0.5, 0.6) is 0 Å². The zero-order valence-electron chi connectivity index (χ0n) is 15.5. The quantitative estimate of drug-likeness (QED) is 0.313. The second-order valence-corrected chi connectivity index (χ2v) is 8.78. The molecule has 7 nitrogen and oxygen atoms in total. The van der Waals surface area contributed by atoms with Gasteiger partial charge < -0.3 is 14.2 Å². The first-order valence-corrected chi connectivity index (χ1v) is 10.5. The van der Waals surface area contributed by atoms with Gasteiger partial charge in [0.05, 0.1) is 36.3 Å². The van der Waals surface area contributed by atoms with E-state index >= 15 is 0 Å². The van der Waals surface area contributed by atoms with Gasteiger partial charge in [0.15, 0.2) is 0 Å². The molecule has 5 aliphatic rings. The lowest BCUT2D eigenvalue weighted by molar-refractivity contribution is -0.307. The van der Waals surface area contributed by atoms with Crippen LogP contribution >= 0.6 is 0 Å². The van der Waals surface area contributed by atoms with Crippen LogP contribution in [-0.4, -0.2) is 48.6 Å². The van der Waals surface area contributed by atoms with E-state index < -0.39 is 0 Å². The minimum atomic E-state index is -0.268. The molecule has 0 radical (unpaired) electrons. The molecule has 3 aliphatic carbocycles. The van der Waals surface area contributed by atoms with Crippen LogP contribution in [0.25, 0.3) is 0 Å². The summed E-state index contributed by atoms with van der Waals surface area (Å²) in [6.45, 7) is 0. The van der Waals surface area contributed by atoms with Crippen LogP contribution < -0.4 is 0 Å². The Morgan fingerprint density at radius 1 is 0.630 bits per heavy atom. The molecule has 0 aromatic heterocycles. The third-order valence-electron chi connectivity index (χ3n) is 6.85. The average molecular weight is 380 g/mol. The van der Waals surface area contributed by atoms with Crippen molar-refractivity contribution in [3.05, 3.63) is 0 Å². The third-order valence-corrected chi connectivity index (χ3v) is 6.85. The Kier molecular flexibility index (Phi) is 4.86. The van der Waals surface area contributed by atoms with E-state index in [0.717, 1.165) is 64.2 Å². The molecule has 5 rings (SSSR count). The number of esters is 1.